The monoisotopic (exact) mass is 552 g/mol. The molecular weight excluding hydrogens is 508 g/mol. The molecule has 4 bridgehead atoms. The normalized spacial score (nSPS) is 29.1. The Labute approximate surface area is 244 Å². The minimum atomic E-state index is 0.299. The Morgan fingerprint density at radius 1 is 1.05 bits per heavy atom. The third-order valence-corrected chi connectivity index (χ3v) is 10.5. The second-order valence-electron chi connectivity index (χ2n) is 13.3. The number of benzene rings is 1. The van der Waals surface area contributed by atoms with Gasteiger partial charge in [-0.1, -0.05) is 24.3 Å². The van der Waals surface area contributed by atoms with Gasteiger partial charge in [0.25, 0.3) is 0 Å². The van der Waals surface area contributed by atoms with Crippen LogP contribution in [0.3, 0.4) is 0 Å². The summed E-state index contributed by atoms with van der Waals surface area (Å²) in [6.45, 7) is 7.99. The van der Waals surface area contributed by atoms with Gasteiger partial charge in [-0.25, -0.2) is 4.98 Å². The van der Waals surface area contributed by atoms with Crippen molar-refractivity contribution in [2.75, 3.05) is 43.4 Å². The van der Waals surface area contributed by atoms with Gasteiger partial charge >= 0.3 is 0 Å². The number of hydrogen-bond acceptors (Lipinski definition) is 8. The van der Waals surface area contributed by atoms with Crippen LogP contribution in [-0.4, -0.2) is 53.6 Å². The highest BCUT2D eigenvalue weighted by molar-refractivity contribution is 5.53. The molecule has 4 aliphatic carbocycles. The van der Waals surface area contributed by atoms with Gasteiger partial charge in [-0.05, 0) is 112 Å². The molecule has 2 heterocycles. The Morgan fingerprint density at radius 3 is 2.56 bits per heavy atom. The lowest BCUT2D eigenvalue weighted by Crippen LogP contribution is -2.60. The molecule has 5 fully saturated rings. The van der Waals surface area contributed by atoms with Crippen molar-refractivity contribution >= 4 is 11.8 Å². The SMILES string of the molecule is Cc1ccccc1CNc1ncc(C#N)c(NCC23CC4C[C@H](C2)C(NCC2CCN(CCC#N)CC2)[C@@H](C4)C3)n1. The van der Waals surface area contributed by atoms with E-state index in [2.05, 4.69) is 57.0 Å². The molecule has 1 aromatic carbocycles. The first-order valence-corrected chi connectivity index (χ1v) is 15.7. The number of piperidine rings is 1. The van der Waals surface area contributed by atoms with Crippen LogP contribution in [0.1, 0.15) is 68.1 Å². The lowest BCUT2D eigenvalue weighted by atomic mass is 9.48. The fraction of sp³-hybridized carbons (Fsp3) is 0.636. The molecule has 216 valence electrons. The van der Waals surface area contributed by atoms with Crippen molar-refractivity contribution in [2.24, 2.45) is 29.1 Å². The second-order valence-corrected chi connectivity index (χ2v) is 13.3. The summed E-state index contributed by atoms with van der Waals surface area (Å²) >= 11 is 0. The van der Waals surface area contributed by atoms with Crippen molar-refractivity contribution in [3.63, 3.8) is 0 Å². The van der Waals surface area contributed by atoms with Gasteiger partial charge in [0.05, 0.1) is 12.3 Å². The number of rotatable bonds is 11. The number of aryl methyl sites for hydroxylation is 1. The first kappa shape index (κ1) is 27.9. The van der Waals surface area contributed by atoms with E-state index >= 15 is 0 Å². The van der Waals surface area contributed by atoms with Crippen LogP contribution in [0.15, 0.2) is 30.5 Å². The largest absolute Gasteiger partial charge is 0.368 e. The van der Waals surface area contributed by atoms with E-state index in [-0.39, 0.29) is 0 Å². The quantitative estimate of drug-likeness (QED) is 0.353. The minimum Gasteiger partial charge on any atom is -0.368 e. The zero-order valence-electron chi connectivity index (χ0n) is 24.4. The Bertz CT molecular complexity index is 1270. The first-order valence-electron chi connectivity index (χ1n) is 15.7. The summed E-state index contributed by atoms with van der Waals surface area (Å²) in [6, 6.07) is 13.5. The number of nitrogens with zero attached hydrogens (tertiary/aromatic N) is 5. The first-order chi connectivity index (χ1) is 20.0. The maximum Gasteiger partial charge on any atom is 0.224 e. The van der Waals surface area contributed by atoms with Crippen LogP contribution in [-0.2, 0) is 6.54 Å². The molecular formula is C33H44N8. The van der Waals surface area contributed by atoms with E-state index in [0.29, 0.717) is 41.8 Å². The number of nitrogens with one attached hydrogen (secondary N) is 3. The van der Waals surface area contributed by atoms with E-state index in [1.807, 2.05) is 12.1 Å². The summed E-state index contributed by atoms with van der Waals surface area (Å²) in [7, 11) is 0. The lowest BCUT2D eigenvalue weighted by Gasteiger charge is -2.60. The average molecular weight is 553 g/mol. The van der Waals surface area contributed by atoms with E-state index in [0.717, 1.165) is 56.4 Å². The molecule has 0 spiro atoms. The molecule has 2 aromatic rings. The van der Waals surface area contributed by atoms with Gasteiger partial charge in [0.2, 0.25) is 5.95 Å². The second kappa shape index (κ2) is 12.3. The van der Waals surface area contributed by atoms with Crippen LogP contribution in [0.5, 0.6) is 0 Å². The van der Waals surface area contributed by atoms with Crippen molar-refractivity contribution in [1.82, 2.24) is 20.2 Å². The number of aromatic nitrogens is 2. The molecule has 41 heavy (non-hydrogen) atoms. The van der Waals surface area contributed by atoms with E-state index in [9.17, 15) is 5.26 Å². The summed E-state index contributed by atoms with van der Waals surface area (Å²) in [5.41, 5.74) is 3.26. The van der Waals surface area contributed by atoms with Crippen LogP contribution in [0.25, 0.3) is 0 Å². The Kier molecular flexibility index (Phi) is 8.42. The van der Waals surface area contributed by atoms with E-state index in [1.165, 1.54) is 56.1 Å². The topological polar surface area (TPSA) is 113 Å². The standard InChI is InChI=1S/C33H44N8/c1-23-5-2-3-6-26(23)20-37-32-38-21-29(18-35)31(40-32)39-22-33-15-25-13-27(16-33)30(28(14-25)17-33)36-19-24-7-11-41(12-8-24)10-4-9-34/h2-3,5-6,21,24-25,27-28,30,36H,4,7-8,10-17,19-20,22H2,1H3,(H2,37,38,39,40)/t25?,27-,28+,30?,33?. The molecule has 1 aromatic heterocycles. The fourth-order valence-corrected chi connectivity index (χ4v) is 8.61. The Hall–Kier alpha value is -3.20. The summed E-state index contributed by atoms with van der Waals surface area (Å²) in [5.74, 6) is 4.32. The highest BCUT2D eigenvalue weighted by Crippen LogP contribution is 2.60. The predicted octanol–water partition coefficient (Wildman–Crippen LogP) is 5.09. The smallest absolute Gasteiger partial charge is 0.224 e. The van der Waals surface area contributed by atoms with Gasteiger partial charge in [0.1, 0.15) is 17.5 Å². The molecule has 1 saturated heterocycles. The molecule has 4 saturated carbocycles. The van der Waals surface area contributed by atoms with Gasteiger partial charge in [-0.15, -0.1) is 0 Å². The zero-order chi connectivity index (χ0) is 28.2. The molecule has 5 aliphatic rings. The molecule has 0 radical (unpaired) electrons. The molecule has 3 unspecified atom stereocenters. The van der Waals surface area contributed by atoms with Crippen LogP contribution >= 0.6 is 0 Å². The van der Waals surface area contributed by atoms with E-state index in [4.69, 9.17) is 10.2 Å². The van der Waals surface area contributed by atoms with Crippen molar-refractivity contribution in [3.05, 3.63) is 47.2 Å². The minimum absolute atomic E-state index is 0.299. The van der Waals surface area contributed by atoms with Crippen LogP contribution in [0, 0.1) is 58.7 Å². The number of anilines is 2. The zero-order valence-corrected chi connectivity index (χ0v) is 24.4. The molecule has 0 amide bonds. The Balaban J connectivity index is 1.04. The van der Waals surface area contributed by atoms with Gasteiger partial charge in [-0.2, -0.15) is 15.5 Å². The van der Waals surface area contributed by atoms with Crippen LogP contribution < -0.4 is 16.0 Å². The van der Waals surface area contributed by atoms with Crippen LogP contribution in [0.2, 0.25) is 0 Å². The van der Waals surface area contributed by atoms with Crippen molar-refractivity contribution < 1.29 is 0 Å². The maximum atomic E-state index is 9.75. The molecule has 5 atom stereocenters. The van der Waals surface area contributed by atoms with Crippen LogP contribution in [0.4, 0.5) is 11.8 Å². The van der Waals surface area contributed by atoms with Gasteiger partial charge < -0.3 is 20.9 Å². The molecule has 7 rings (SSSR count). The van der Waals surface area contributed by atoms with Gasteiger partial charge in [-0.3, -0.25) is 0 Å². The fourth-order valence-electron chi connectivity index (χ4n) is 8.61. The molecule has 8 nitrogen and oxygen atoms in total. The third kappa shape index (κ3) is 6.35. The van der Waals surface area contributed by atoms with Crippen molar-refractivity contribution in [2.45, 2.75) is 70.9 Å². The number of likely N-dealkylation sites (tertiary alicyclic amines) is 1. The van der Waals surface area contributed by atoms with E-state index < -0.39 is 0 Å². The summed E-state index contributed by atoms with van der Waals surface area (Å²) < 4.78 is 0. The number of nitriles is 2. The molecule has 1 aliphatic heterocycles. The van der Waals surface area contributed by atoms with Gasteiger partial charge in [0.15, 0.2) is 0 Å². The summed E-state index contributed by atoms with van der Waals surface area (Å²) in [6.07, 6.45) is 11.4. The summed E-state index contributed by atoms with van der Waals surface area (Å²) in [5, 5.41) is 29.7. The van der Waals surface area contributed by atoms with Gasteiger partial charge in [0, 0.05) is 32.1 Å². The predicted molar refractivity (Wildman–Crippen MR) is 161 cm³/mol. The average Bonchev–Trinajstić information content (AvgIpc) is 2.98. The number of hydrogen-bond donors (Lipinski definition) is 3. The van der Waals surface area contributed by atoms with E-state index in [1.54, 1.807) is 6.20 Å². The maximum absolute atomic E-state index is 9.75. The third-order valence-electron chi connectivity index (χ3n) is 10.5. The van der Waals surface area contributed by atoms with Crippen molar-refractivity contribution in [3.8, 4) is 12.1 Å². The highest BCUT2D eigenvalue weighted by atomic mass is 15.1. The highest BCUT2D eigenvalue weighted by Gasteiger charge is 2.55. The van der Waals surface area contributed by atoms with Crippen molar-refractivity contribution in [1.29, 1.82) is 10.5 Å². The summed E-state index contributed by atoms with van der Waals surface area (Å²) in [4.78, 5) is 11.6. The molecule has 3 N–H and O–H groups in total. The lowest BCUT2D eigenvalue weighted by molar-refractivity contribution is -0.0704. The Morgan fingerprint density at radius 2 is 1.83 bits per heavy atom. The molecule has 8 heteroatoms.